The minimum atomic E-state index is -0.752. The fourth-order valence-corrected chi connectivity index (χ4v) is 4.38. The molecule has 1 atom stereocenters. The number of carboxylic acid groups (broad SMARTS) is 1. The number of aromatic nitrogens is 1. The van der Waals surface area contributed by atoms with Crippen LogP contribution in [0.2, 0.25) is 0 Å². The molecule has 5 rings (SSSR count). The second-order valence-corrected chi connectivity index (χ2v) is 9.02. The van der Waals surface area contributed by atoms with E-state index in [2.05, 4.69) is 10.3 Å². The van der Waals surface area contributed by atoms with E-state index in [9.17, 15) is 14.7 Å². The predicted octanol–water partition coefficient (Wildman–Crippen LogP) is 6.84. The second-order valence-electron chi connectivity index (χ2n) is 9.02. The van der Waals surface area contributed by atoms with E-state index in [0.29, 0.717) is 24.2 Å². The molecule has 180 valence electrons. The number of anilines is 1. The van der Waals surface area contributed by atoms with Gasteiger partial charge in [-0.3, -0.25) is 15.1 Å². The first kappa shape index (κ1) is 23.3. The molecule has 0 saturated heterocycles. The van der Waals surface area contributed by atoms with Gasteiger partial charge in [-0.05, 0) is 54.2 Å². The number of ether oxygens (including phenoxy) is 1. The molecule has 1 unspecified atom stereocenters. The Morgan fingerprint density at radius 1 is 0.861 bits per heavy atom. The van der Waals surface area contributed by atoms with Crippen LogP contribution in [-0.4, -0.2) is 22.2 Å². The van der Waals surface area contributed by atoms with Crippen LogP contribution in [0.1, 0.15) is 37.0 Å². The van der Waals surface area contributed by atoms with Crippen molar-refractivity contribution in [1.82, 2.24) is 4.98 Å². The normalized spacial score (nSPS) is 14.5. The molecule has 1 aromatic heterocycles. The molecule has 0 aliphatic heterocycles. The number of pyridine rings is 1. The number of aliphatic carboxylic acids is 1. The first-order valence-electron chi connectivity index (χ1n) is 11.9. The zero-order valence-corrected chi connectivity index (χ0v) is 19.8. The predicted molar refractivity (Wildman–Crippen MR) is 139 cm³/mol. The topological polar surface area (TPSA) is 88.5 Å². The molecular formula is C30H26N2O4. The van der Waals surface area contributed by atoms with E-state index in [0.717, 1.165) is 27.8 Å². The van der Waals surface area contributed by atoms with E-state index in [1.165, 1.54) is 0 Å². The Morgan fingerprint density at radius 2 is 1.47 bits per heavy atom. The SMILES string of the molecule is CC(OC(=O)Nc1cccnc1-c1ccc(-c2ccc(C3(C(=O)O)CC3)cc2)cc1)c1ccccc1. The highest BCUT2D eigenvalue weighted by Gasteiger charge is 2.51. The van der Waals surface area contributed by atoms with Crippen molar-refractivity contribution in [1.29, 1.82) is 0 Å². The van der Waals surface area contributed by atoms with Crippen LogP contribution in [0.5, 0.6) is 0 Å². The Kier molecular flexibility index (Phi) is 6.25. The molecular weight excluding hydrogens is 452 g/mol. The smallest absolute Gasteiger partial charge is 0.412 e. The number of amides is 1. The Balaban J connectivity index is 1.30. The van der Waals surface area contributed by atoms with Crippen LogP contribution in [0.25, 0.3) is 22.4 Å². The Morgan fingerprint density at radius 3 is 2.08 bits per heavy atom. The molecule has 6 heteroatoms. The highest BCUT2D eigenvalue weighted by Crippen LogP contribution is 2.48. The molecule has 0 radical (unpaired) electrons. The third-order valence-corrected chi connectivity index (χ3v) is 6.69. The molecule has 2 N–H and O–H groups in total. The summed E-state index contributed by atoms with van der Waals surface area (Å²) < 4.78 is 5.55. The maximum Gasteiger partial charge on any atom is 0.412 e. The number of carbonyl (C=O) groups is 2. The average Bonchev–Trinajstić information content (AvgIpc) is 3.72. The van der Waals surface area contributed by atoms with Crippen molar-refractivity contribution in [3.05, 3.63) is 108 Å². The lowest BCUT2D eigenvalue weighted by molar-refractivity contribution is -0.140. The lowest BCUT2D eigenvalue weighted by Crippen LogP contribution is -2.19. The van der Waals surface area contributed by atoms with Crippen LogP contribution in [-0.2, 0) is 14.9 Å². The molecule has 4 aromatic rings. The summed E-state index contributed by atoms with van der Waals surface area (Å²) in [6, 6.07) is 28.7. The van der Waals surface area contributed by atoms with Crippen LogP contribution in [0.15, 0.2) is 97.2 Å². The molecule has 1 heterocycles. The van der Waals surface area contributed by atoms with Crippen molar-refractivity contribution in [3.8, 4) is 22.4 Å². The van der Waals surface area contributed by atoms with Crippen LogP contribution < -0.4 is 5.32 Å². The molecule has 3 aromatic carbocycles. The number of hydrogen-bond acceptors (Lipinski definition) is 4. The van der Waals surface area contributed by atoms with Crippen LogP contribution in [0.4, 0.5) is 10.5 Å². The minimum Gasteiger partial charge on any atom is -0.481 e. The van der Waals surface area contributed by atoms with Crippen LogP contribution in [0, 0.1) is 0 Å². The zero-order valence-electron chi connectivity index (χ0n) is 19.8. The molecule has 1 aliphatic rings. The van der Waals surface area contributed by atoms with Gasteiger partial charge in [0.1, 0.15) is 6.10 Å². The highest BCUT2D eigenvalue weighted by molar-refractivity contribution is 5.90. The standard InChI is InChI=1S/C30H26N2O4/c1-20(21-6-3-2-4-7-21)36-29(35)32-26-8-5-19-31-27(26)24-11-9-22(10-12-24)23-13-15-25(16-14-23)30(17-18-30)28(33)34/h2-16,19-20H,17-18H2,1H3,(H,32,35)(H,33,34). The first-order chi connectivity index (χ1) is 17.5. The monoisotopic (exact) mass is 478 g/mol. The number of nitrogens with zero attached hydrogens (tertiary/aromatic N) is 1. The second kappa shape index (κ2) is 9.66. The maximum absolute atomic E-state index is 12.6. The van der Waals surface area contributed by atoms with Crippen molar-refractivity contribution < 1.29 is 19.4 Å². The van der Waals surface area contributed by atoms with Gasteiger partial charge in [0.25, 0.3) is 0 Å². The van der Waals surface area contributed by atoms with Gasteiger partial charge < -0.3 is 9.84 Å². The number of nitrogens with one attached hydrogen (secondary N) is 1. The van der Waals surface area contributed by atoms with Gasteiger partial charge in [0, 0.05) is 11.8 Å². The van der Waals surface area contributed by atoms with Gasteiger partial charge in [0.15, 0.2) is 0 Å². The fourth-order valence-electron chi connectivity index (χ4n) is 4.38. The number of carboxylic acids is 1. The van der Waals surface area contributed by atoms with Gasteiger partial charge >= 0.3 is 12.1 Å². The summed E-state index contributed by atoms with van der Waals surface area (Å²) in [6.45, 7) is 1.83. The lowest BCUT2D eigenvalue weighted by atomic mass is 9.93. The summed E-state index contributed by atoms with van der Waals surface area (Å²) in [5.41, 5.74) is 5.13. The first-order valence-corrected chi connectivity index (χ1v) is 11.9. The fraction of sp³-hybridized carbons (Fsp3) is 0.167. The summed E-state index contributed by atoms with van der Waals surface area (Å²) in [6.07, 6.45) is 2.13. The number of rotatable bonds is 7. The van der Waals surface area contributed by atoms with Gasteiger partial charge in [-0.15, -0.1) is 0 Å². The molecule has 0 bridgehead atoms. The summed E-state index contributed by atoms with van der Waals surface area (Å²) in [7, 11) is 0. The van der Waals surface area contributed by atoms with Crippen molar-refractivity contribution in [2.45, 2.75) is 31.3 Å². The van der Waals surface area contributed by atoms with Crippen molar-refractivity contribution in [2.24, 2.45) is 0 Å². The summed E-state index contributed by atoms with van der Waals surface area (Å²) in [5.74, 6) is -0.752. The summed E-state index contributed by atoms with van der Waals surface area (Å²) in [4.78, 5) is 28.6. The average molecular weight is 479 g/mol. The van der Waals surface area contributed by atoms with Crippen molar-refractivity contribution in [2.75, 3.05) is 5.32 Å². The lowest BCUT2D eigenvalue weighted by Gasteiger charge is -2.15. The van der Waals surface area contributed by atoms with Gasteiger partial charge in [-0.2, -0.15) is 0 Å². The Labute approximate surface area is 209 Å². The molecule has 1 amide bonds. The van der Waals surface area contributed by atoms with E-state index in [-0.39, 0.29) is 6.10 Å². The molecule has 0 spiro atoms. The van der Waals surface area contributed by atoms with Gasteiger partial charge in [-0.1, -0.05) is 78.9 Å². The summed E-state index contributed by atoms with van der Waals surface area (Å²) in [5, 5.41) is 12.3. The number of carbonyl (C=O) groups excluding carboxylic acids is 1. The Hall–Kier alpha value is -4.45. The minimum absolute atomic E-state index is 0.387. The highest BCUT2D eigenvalue weighted by atomic mass is 16.6. The number of benzene rings is 3. The van der Waals surface area contributed by atoms with Gasteiger partial charge in [0.05, 0.1) is 16.8 Å². The quantitative estimate of drug-likeness (QED) is 0.304. The van der Waals surface area contributed by atoms with E-state index >= 15 is 0 Å². The van der Waals surface area contributed by atoms with Crippen LogP contribution >= 0.6 is 0 Å². The number of hydrogen-bond donors (Lipinski definition) is 2. The molecule has 1 saturated carbocycles. The van der Waals surface area contributed by atoms with Gasteiger partial charge in [0.2, 0.25) is 0 Å². The molecule has 6 nitrogen and oxygen atoms in total. The molecule has 1 aliphatic carbocycles. The zero-order chi connectivity index (χ0) is 25.1. The van der Waals surface area contributed by atoms with Gasteiger partial charge in [-0.25, -0.2) is 4.79 Å². The largest absolute Gasteiger partial charge is 0.481 e. The van der Waals surface area contributed by atoms with Crippen LogP contribution in [0.3, 0.4) is 0 Å². The van der Waals surface area contributed by atoms with Crippen molar-refractivity contribution >= 4 is 17.7 Å². The maximum atomic E-state index is 12.6. The third-order valence-electron chi connectivity index (χ3n) is 6.69. The Bertz CT molecular complexity index is 1380. The van der Waals surface area contributed by atoms with E-state index in [1.807, 2.05) is 85.8 Å². The third kappa shape index (κ3) is 4.70. The van der Waals surface area contributed by atoms with Crippen molar-refractivity contribution in [3.63, 3.8) is 0 Å². The van der Waals surface area contributed by atoms with E-state index in [1.54, 1.807) is 18.3 Å². The molecule has 36 heavy (non-hydrogen) atoms. The summed E-state index contributed by atoms with van der Waals surface area (Å²) >= 11 is 0. The molecule has 1 fully saturated rings. The van der Waals surface area contributed by atoms with E-state index < -0.39 is 17.5 Å². The van der Waals surface area contributed by atoms with E-state index in [4.69, 9.17) is 4.74 Å².